The van der Waals surface area contributed by atoms with E-state index in [-0.39, 0.29) is 47.1 Å². The zero-order valence-corrected chi connectivity index (χ0v) is 20.7. The molecule has 5 fully saturated rings. The predicted octanol–water partition coefficient (Wildman–Crippen LogP) is 4.32. The Bertz CT molecular complexity index is 831. The minimum Gasteiger partial charge on any atom is -0.396 e. The van der Waals surface area contributed by atoms with E-state index in [0.717, 1.165) is 32.1 Å². The Labute approximate surface area is 193 Å². The molecule has 0 aromatic carbocycles. The van der Waals surface area contributed by atoms with Crippen LogP contribution in [0.3, 0.4) is 0 Å². The fourth-order valence-corrected chi connectivity index (χ4v) is 10.5. The van der Waals surface area contributed by atoms with E-state index in [4.69, 9.17) is 4.74 Å². The van der Waals surface area contributed by atoms with E-state index in [0.29, 0.717) is 23.7 Å². The van der Waals surface area contributed by atoms with Gasteiger partial charge in [-0.2, -0.15) is 0 Å². The van der Waals surface area contributed by atoms with Crippen LogP contribution < -0.4 is 0 Å². The lowest BCUT2D eigenvalue weighted by atomic mass is 9.40. The summed E-state index contributed by atoms with van der Waals surface area (Å²) in [6.45, 7) is 11.6. The monoisotopic (exact) mass is 444 g/mol. The molecule has 32 heavy (non-hydrogen) atoms. The molecule has 1 saturated heterocycles. The average molecular weight is 445 g/mol. The van der Waals surface area contributed by atoms with Crippen LogP contribution in [0.15, 0.2) is 11.6 Å². The minimum atomic E-state index is -0.570. The van der Waals surface area contributed by atoms with Gasteiger partial charge < -0.3 is 20.1 Å². The predicted molar refractivity (Wildman–Crippen MR) is 124 cm³/mol. The Balaban J connectivity index is 1.40. The van der Waals surface area contributed by atoms with E-state index in [2.05, 4.69) is 40.7 Å². The zero-order chi connectivity index (χ0) is 22.8. The Morgan fingerprint density at radius 3 is 2.53 bits per heavy atom. The summed E-state index contributed by atoms with van der Waals surface area (Å²) in [5.74, 6) is 2.67. The van der Waals surface area contributed by atoms with Gasteiger partial charge in [-0.3, -0.25) is 0 Å². The molecule has 3 N–H and O–H groups in total. The first-order valence-electron chi connectivity index (χ1n) is 13.3. The van der Waals surface area contributed by atoms with Gasteiger partial charge in [0.05, 0.1) is 36.4 Å². The third-order valence-corrected chi connectivity index (χ3v) is 12.3. The molecule has 4 heteroatoms. The molecular weight excluding hydrogens is 400 g/mol. The van der Waals surface area contributed by atoms with Crippen molar-refractivity contribution in [1.29, 1.82) is 0 Å². The van der Waals surface area contributed by atoms with Crippen LogP contribution >= 0.6 is 0 Å². The van der Waals surface area contributed by atoms with E-state index in [1.807, 2.05) is 0 Å². The van der Waals surface area contributed by atoms with Crippen molar-refractivity contribution in [3.8, 4) is 0 Å². The lowest BCUT2D eigenvalue weighted by molar-refractivity contribution is -0.164. The van der Waals surface area contributed by atoms with E-state index in [1.165, 1.54) is 12.8 Å². The van der Waals surface area contributed by atoms with Gasteiger partial charge in [0.25, 0.3) is 0 Å². The number of fused-ring (bicyclic) bond motifs is 7. The van der Waals surface area contributed by atoms with Crippen molar-refractivity contribution < 1.29 is 20.1 Å². The summed E-state index contributed by atoms with van der Waals surface area (Å²) in [5.41, 5.74) is 1.24. The highest BCUT2D eigenvalue weighted by Gasteiger charge is 2.71. The minimum absolute atomic E-state index is 0.0120. The fraction of sp³-hybridized carbons (Fsp3) is 0.929. The summed E-state index contributed by atoms with van der Waals surface area (Å²) in [7, 11) is 0. The van der Waals surface area contributed by atoms with Crippen molar-refractivity contribution in [2.24, 2.45) is 51.2 Å². The number of aliphatic hydroxyl groups excluding tert-OH is 3. The third-order valence-electron chi connectivity index (χ3n) is 12.3. The Morgan fingerprint density at radius 1 is 1.06 bits per heavy atom. The van der Waals surface area contributed by atoms with Crippen LogP contribution in [0.1, 0.15) is 79.6 Å². The molecule has 4 nitrogen and oxygen atoms in total. The number of rotatable bonds is 1. The molecule has 0 unspecified atom stereocenters. The molecule has 6 aliphatic rings. The first-order chi connectivity index (χ1) is 15.0. The SMILES string of the molecule is CC1(C)C[C@H]2C3=CC[C@H]4[C@@H](CC[C@H]5C(C)(C)[C@@H](O)CC[C@]45C)[C@H]3C[C@H]3O[C@@H]1[C@@H](O)[C@]32CO. The number of hydrogen-bond donors (Lipinski definition) is 3. The Kier molecular flexibility index (Phi) is 4.57. The molecule has 11 atom stereocenters. The smallest absolute Gasteiger partial charge is 0.0916 e. The maximum Gasteiger partial charge on any atom is 0.0916 e. The highest BCUT2D eigenvalue weighted by atomic mass is 16.5. The molecule has 0 amide bonds. The normalized spacial score (nSPS) is 57.1. The molecular formula is C28H44O4. The molecule has 5 aliphatic carbocycles. The van der Waals surface area contributed by atoms with Crippen LogP contribution in [0.4, 0.5) is 0 Å². The van der Waals surface area contributed by atoms with Gasteiger partial charge in [0, 0.05) is 0 Å². The van der Waals surface area contributed by atoms with Gasteiger partial charge in [-0.1, -0.05) is 46.3 Å². The van der Waals surface area contributed by atoms with Gasteiger partial charge in [-0.25, -0.2) is 0 Å². The average Bonchev–Trinajstić information content (AvgIpc) is 3.01. The fourth-order valence-electron chi connectivity index (χ4n) is 10.5. The number of allylic oxidation sites excluding steroid dienone is 2. The van der Waals surface area contributed by atoms with Crippen molar-refractivity contribution in [3.63, 3.8) is 0 Å². The van der Waals surface area contributed by atoms with Gasteiger partial charge in [0.15, 0.2) is 0 Å². The van der Waals surface area contributed by atoms with Crippen molar-refractivity contribution >= 4 is 0 Å². The van der Waals surface area contributed by atoms with Gasteiger partial charge in [-0.15, -0.1) is 0 Å². The molecule has 0 aromatic heterocycles. The topological polar surface area (TPSA) is 69.9 Å². The van der Waals surface area contributed by atoms with Crippen molar-refractivity contribution in [2.75, 3.05) is 6.61 Å². The van der Waals surface area contributed by atoms with E-state index >= 15 is 0 Å². The summed E-state index contributed by atoms with van der Waals surface area (Å²) in [4.78, 5) is 0. The van der Waals surface area contributed by atoms with E-state index in [1.54, 1.807) is 5.57 Å². The highest BCUT2D eigenvalue weighted by Crippen LogP contribution is 2.70. The third kappa shape index (κ3) is 2.44. The highest BCUT2D eigenvalue weighted by molar-refractivity contribution is 5.32. The van der Waals surface area contributed by atoms with E-state index < -0.39 is 11.5 Å². The number of ether oxygens (including phenoxy) is 1. The van der Waals surface area contributed by atoms with Gasteiger partial charge in [0.1, 0.15) is 0 Å². The second kappa shape index (κ2) is 6.62. The lowest BCUT2D eigenvalue weighted by Gasteiger charge is -2.64. The lowest BCUT2D eigenvalue weighted by Crippen LogP contribution is -2.62. The van der Waals surface area contributed by atoms with Crippen LogP contribution in [0.25, 0.3) is 0 Å². The Morgan fingerprint density at radius 2 is 1.81 bits per heavy atom. The van der Waals surface area contributed by atoms with Crippen molar-refractivity contribution in [1.82, 2.24) is 0 Å². The molecule has 1 heterocycles. The molecule has 1 aliphatic heterocycles. The summed E-state index contributed by atoms with van der Waals surface area (Å²) >= 11 is 0. The second-order valence-corrected chi connectivity index (χ2v) is 14.1. The summed E-state index contributed by atoms with van der Waals surface area (Å²) in [5, 5.41) is 32.8. The molecule has 0 spiro atoms. The van der Waals surface area contributed by atoms with Gasteiger partial charge >= 0.3 is 0 Å². The van der Waals surface area contributed by atoms with E-state index in [9.17, 15) is 15.3 Å². The molecule has 0 radical (unpaired) electrons. The standard InChI is InChI=1S/C28H44O4/c1-25(2)13-19-16-6-8-18-15(7-9-20-26(3,4)21(30)10-11-27(18,20)5)17(16)12-22-28(19,14-29)23(31)24(25)32-22/h6,15,17-24,29-31H,7-14H2,1-5H3/t15-,17+,18-,19-,20-,21-,22+,23+,24+,27+,28-/m0/s1. The molecule has 180 valence electrons. The van der Waals surface area contributed by atoms with Crippen molar-refractivity contribution in [3.05, 3.63) is 11.6 Å². The van der Waals surface area contributed by atoms with Gasteiger partial charge in [-0.05, 0) is 90.8 Å². The quantitative estimate of drug-likeness (QED) is 0.527. The Hall–Kier alpha value is -0.420. The number of hydrogen-bond acceptors (Lipinski definition) is 4. The largest absolute Gasteiger partial charge is 0.396 e. The summed E-state index contributed by atoms with van der Waals surface area (Å²) in [6, 6.07) is 0. The first-order valence-corrected chi connectivity index (χ1v) is 13.3. The molecule has 2 bridgehead atoms. The van der Waals surface area contributed by atoms with Gasteiger partial charge in [0.2, 0.25) is 0 Å². The van der Waals surface area contributed by atoms with Crippen molar-refractivity contribution in [2.45, 2.75) is 104 Å². The maximum atomic E-state index is 11.4. The first kappa shape index (κ1) is 22.1. The van der Waals surface area contributed by atoms with Crippen LogP contribution in [0.5, 0.6) is 0 Å². The molecule has 0 aromatic rings. The van der Waals surface area contributed by atoms with Crippen LogP contribution in [0, 0.1) is 51.2 Å². The molecule has 4 saturated carbocycles. The second-order valence-electron chi connectivity index (χ2n) is 14.1. The van der Waals surface area contributed by atoms with Crippen LogP contribution in [-0.4, -0.2) is 46.3 Å². The zero-order valence-electron chi connectivity index (χ0n) is 20.7. The summed E-state index contributed by atoms with van der Waals surface area (Å²) < 4.78 is 6.62. The maximum absolute atomic E-state index is 11.4. The number of aliphatic hydroxyl groups is 3. The molecule has 6 rings (SSSR count). The van der Waals surface area contributed by atoms with Crippen LogP contribution in [-0.2, 0) is 4.74 Å². The summed E-state index contributed by atoms with van der Waals surface area (Å²) in [6.07, 6.45) is 9.20. The van der Waals surface area contributed by atoms with Crippen LogP contribution in [0.2, 0.25) is 0 Å².